The lowest BCUT2D eigenvalue weighted by atomic mass is 10.0. The molecular formula is C19H15FN4O3S. The largest absolute Gasteiger partial charge is 0.368 e. The van der Waals surface area contributed by atoms with Gasteiger partial charge >= 0.3 is 0 Å². The van der Waals surface area contributed by atoms with Gasteiger partial charge in [-0.25, -0.2) is 27.8 Å². The van der Waals surface area contributed by atoms with Gasteiger partial charge in [-0.2, -0.15) is 0 Å². The number of aromatic nitrogens is 2. The number of amides is 1. The van der Waals surface area contributed by atoms with Crippen LogP contribution in [0.2, 0.25) is 0 Å². The van der Waals surface area contributed by atoms with Crippen molar-refractivity contribution in [3.63, 3.8) is 0 Å². The Morgan fingerprint density at radius 1 is 1.07 bits per heavy atom. The van der Waals surface area contributed by atoms with Gasteiger partial charge in [-0.1, -0.05) is 30.3 Å². The lowest BCUT2D eigenvalue weighted by Crippen LogP contribution is -2.15. The molecule has 0 aliphatic rings. The smallest absolute Gasteiger partial charge is 0.260 e. The summed E-state index contributed by atoms with van der Waals surface area (Å²) in [5.41, 5.74) is 6.73. The summed E-state index contributed by atoms with van der Waals surface area (Å²) in [7, 11) is -3.97. The average Bonchev–Trinajstić information content (AvgIpc) is 2.68. The molecule has 1 heterocycles. The molecule has 7 nitrogen and oxygen atoms in total. The third kappa shape index (κ3) is 3.94. The summed E-state index contributed by atoms with van der Waals surface area (Å²) in [4.78, 5) is 22.1. The number of sulfone groups is 1. The Balaban J connectivity index is 2.06. The number of carbonyl (C=O) groups is 1. The van der Waals surface area contributed by atoms with Gasteiger partial charge in [0.05, 0.1) is 4.90 Å². The van der Waals surface area contributed by atoms with Gasteiger partial charge in [-0.15, -0.1) is 0 Å². The Hall–Kier alpha value is -3.46. The van der Waals surface area contributed by atoms with Crippen LogP contribution in [-0.4, -0.2) is 36.8 Å². The molecule has 28 heavy (non-hydrogen) atoms. The molecule has 0 saturated carbocycles. The quantitative estimate of drug-likeness (QED) is 0.661. The number of nitrogens with two attached hydrogens (primary N) is 1. The summed E-state index contributed by atoms with van der Waals surface area (Å²) in [5.74, 6) is -2.18. The minimum absolute atomic E-state index is 0.0727. The standard InChI is InChI=1S/C19H15FN4O3S/c1-22-18(25)11-28(26,27)17-5-3-2-4-15(17)12-6-7-14(16(20)8-12)13-9-23-19(21)24-10-13/h2-10H,1,11H2,(H2,21,23,24). The molecule has 3 aromatic rings. The summed E-state index contributed by atoms with van der Waals surface area (Å²) in [5, 5.41) is 0. The van der Waals surface area contributed by atoms with E-state index in [2.05, 4.69) is 21.7 Å². The molecule has 0 unspecified atom stereocenters. The number of aliphatic imine (C=N–C) groups is 1. The highest BCUT2D eigenvalue weighted by Gasteiger charge is 2.23. The van der Waals surface area contributed by atoms with Crippen molar-refractivity contribution >= 4 is 28.4 Å². The summed E-state index contributed by atoms with van der Waals surface area (Å²) in [6.45, 7) is 3.04. The van der Waals surface area contributed by atoms with Crippen LogP contribution in [0.4, 0.5) is 10.3 Å². The molecule has 0 radical (unpaired) electrons. The molecule has 142 valence electrons. The predicted molar refractivity (Wildman–Crippen MR) is 104 cm³/mol. The topological polar surface area (TPSA) is 115 Å². The van der Waals surface area contributed by atoms with Gasteiger partial charge in [0.2, 0.25) is 5.95 Å². The first-order valence-corrected chi connectivity index (χ1v) is 9.66. The van der Waals surface area contributed by atoms with Crippen molar-refractivity contribution in [2.75, 3.05) is 11.5 Å². The Bertz CT molecular complexity index is 1160. The van der Waals surface area contributed by atoms with Crippen molar-refractivity contribution in [3.05, 3.63) is 60.7 Å². The zero-order valence-electron chi connectivity index (χ0n) is 14.5. The van der Waals surface area contributed by atoms with Crippen molar-refractivity contribution in [3.8, 4) is 22.3 Å². The van der Waals surface area contributed by atoms with E-state index in [1.807, 2.05) is 0 Å². The Labute approximate surface area is 160 Å². The van der Waals surface area contributed by atoms with Gasteiger partial charge in [0.15, 0.2) is 9.84 Å². The maximum atomic E-state index is 14.7. The Morgan fingerprint density at radius 3 is 2.39 bits per heavy atom. The molecule has 0 bridgehead atoms. The zero-order chi connectivity index (χ0) is 20.3. The van der Waals surface area contributed by atoms with E-state index in [1.54, 1.807) is 18.2 Å². The Kier molecular flexibility index (Phi) is 5.27. The van der Waals surface area contributed by atoms with Crippen LogP contribution in [0.1, 0.15) is 0 Å². The third-order valence-electron chi connectivity index (χ3n) is 3.97. The van der Waals surface area contributed by atoms with Crippen molar-refractivity contribution in [2.45, 2.75) is 4.90 Å². The molecule has 0 saturated heterocycles. The van der Waals surface area contributed by atoms with Gasteiger partial charge in [-0.3, -0.25) is 4.79 Å². The van der Waals surface area contributed by atoms with Crippen LogP contribution in [0, 0.1) is 5.82 Å². The van der Waals surface area contributed by atoms with Crippen LogP contribution < -0.4 is 5.73 Å². The minimum atomic E-state index is -3.97. The summed E-state index contributed by atoms with van der Waals surface area (Å²) < 4.78 is 39.8. The SMILES string of the molecule is C=NC(=O)CS(=O)(=O)c1ccccc1-c1ccc(-c2cnc(N)nc2)c(F)c1. The number of rotatable bonds is 5. The molecule has 0 atom stereocenters. The second-order valence-electron chi connectivity index (χ2n) is 5.83. The van der Waals surface area contributed by atoms with Crippen LogP contribution in [-0.2, 0) is 14.6 Å². The fourth-order valence-corrected chi connectivity index (χ4v) is 4.03. The van der Waals surface area contributed by atoms with Crippen LogP contribution in [0.5, 0.6) is 0 Å². The van der Waals surface area contributed by atoms with E-state index < -0.39 is 27.3 Å². The van der Waals surface area contributed by atoms with Crippen LogP contribution in [0.15, 0.2) is 64.7 Å². The van der Waals surface area contributed by atoms with Crippen LogP contribution >= 0.6 is 0 Å². The van der Waals surface area contributed by atoms with Crippen molar-refractivity contribution in [2.24, 2.45) is 4.99 Å². The number of halogens is 1. The molecule has 0 aliphatic carbocycles. The minimum Gasteiger partial charge on any atom is -0.368 e. The molecule has 1 aromatic heterocycles. The van der Waals surface area contributed by atoms with E-state index in [1.165, 1.54) is 36.7 Å². The highest BCUT2D eigenvalue weighted by Crippen LogP contribution is 2.31. The molecule has 2 N–H and O–H groups in total. The summed E-state index contributed by atoms with van der Waals surface area (Å²) in [6, 6.07) is 10.4. The zero-order valence-corrected chi connectivity index (χ0v) is 15.4. The second-order valence-corrected chi connectivity index (χ2v) is 7.79. The third-order valence-corrected chi connectivity index (χ3v) is 5.63. The molecule has 2 aromatic carbocycles. The first kappa shape index (κ1) is 19.3. The summed E-state index contributed by atoms with van der Waals surface area (Å²) in [6.07, 6.45) is 2.79. The van der Waals surface area contributed by atoms with Crippen molar-refractivity contribution in [1.29, 1.82) is 0 Å². The van der Waals surface area contributed by atoms with E-state index in [0.717, 1.165) is 0 Å². The normalized spacial score (nSPS) is 11.2. The fourth-order valence-electron chi connectivity index (χ4n) is 2.66. The molecule has 9 heteroatoms. The Morgan fingerprint density at radius 2 is 1.75 bits per heavy atom. The van der Waals surface area contributed by atoms with Crippen molar-refractivity contribution < 1.29 is 17.6 Å². The maximum absolute atomic E-state index is 14.7. The number of anilines is 1. The van der Waals surface area contributed by atoms with Gasteiger partial charge in [-0.05, 0) is 24.4 Å². The maximum Gasteiger partial charge on any atom is 0.260 e. The van der Waals surface area contributed by atoms with Gasteiger partial charge < -0.3 is 5.73 Å². The predicted octanol–water partition coefficient (Wildman–Crippen LogP) is 2.53. The number of benzene rings is 2. The van der Waals surface area contributed by atoms with Gasteiger partial charge in [0, 0.05) is 29.1 Å². The lowest BCUT2D eigenvalue weighted by Gasteiger charge is -2.11. The van der Waals surface area contributed by atoms with Gasteiger partial charge in [0.25, 0.3) is 5.91 Å². The van der Waals surface area contributed by atoms with E-state index in [9.17, 15) is 17.6 Å². The monoisotopic (exact) mass is 398 g/mol. The second kappa shape index (κ2) is 7.65. The average molecular weight is 398 g/mol. The molecule has 3 rings (SSSR count). The molecule has 0 fully saturated rings. The number of hydrogen-bond acceptors (Lipinski definition) is 6. The van der Waals surface area contributed by atoms with Crippen LogP contribution in [0.3, 0.4) is 0 Å². The van der Waals surface area contributed by atoms with Crippen molar-refractivity contribution in [1.82, 2.24) is 9.97 Å². The lowest BCUT2D eigenvalue weighted by molar-refractivity contribution is -0.115. The van der Waals surface area contributed by atoms with Crippen LogP contribution in [0.25, 0.3) is 22.3 Å². The summed E-state index contributed by atoms with van der Waals surface area (Å²) >= 11 is 0. The van der Waals surface area contributed by atoms with E-state index in [-0.39, 0.29) is 22.0 Å². The fraction of sp³-hybridized carbons (Fsp3) is 0.0526. The highest BCUT2D eigenvalue weighted by molar-refractivity contribution is 7.92. The number of nitrogen functional groups attached to an aromatic ring is 1. The number of carbonyl (C=O) groups excluding carboxylic acids is 1. The van der Waals surface area contributed by atoms with Gasteiger partial charge in [0.1, 0.15) is 11.6 Å². The first-order chi connectivity index (χ1) is 13.3. The molecule has 1 amide bonds. The molecule has 0 spiro atoms. The number of nitrogens with zero attached hydrogens (tertiary/aromatic N) is 3. The van der Waals surface area contributed by atoms with E-state index in [4.69, 9.17) is 5.73 Å². The molecular weight excluding hydrogens is 383 g/mol. The van der Waals surface area contributed by atoms with E-state index in [0.29, 0.717) is 11.1 Å². The molecule has 0 aliphatic heterocycles. The number of hydrogen-bond donors (Lipinski definition) is 1. The first-order valence-electron chi connectivity index (χ1n) is 8.01. The highest BCUT2D eigenvalue weighted by atomic mass is 32.2. The van der Waals surface area contributed by atoms with E-state index >= 15 is 0 Å².